The lowest BCUT2D eigenvalue weighted by molar-refractivity contribution is 0.224. The molecule has 1 N–H and O–H groups in total. The Morgan fingerprint density at radius 1 is 1.15 bits per heavy atom. The summed E-state index contributed by atoms with van der Waals surface area (Å²) in [6.07, 6.45) is 5.67. The summed E-state index contributed by atoms with van der Waals surface area (Å²) in [5.41, 5.74) is 2.29. The van der Waals surface area contributed by atoms with Gasteiger partial charge in [-0.15, -0.1) is 11.3 Å². The van der Waals surface area contributed by atoms with Crippen LogP contribution in [-0.4, -0.2) is 5.11 Å². The third-order valence-corrected chi connectivity index (χ3v) is 5.47. The molecule has 0 fully saturated rings. The van der Waals surface area contributed by atoms with Crippen LogP contribution in [0.2, 0.25) is 0 Å². The minimum atomic E-state index is -0.512. The van der Waals surface area contributed by atoms with Crippen LogP contribution in [0.1, 0.15) is 54.7 Å². The van der Waals surface area contributed by atoms with E-state index in [1.165, 1.54) is 35.0 Å². The Bertz CT molecular complexity index is 521. The van der Waals surface area contributed by atoms with Crippen molar-refractivity contribution in [3.63, 3.8) is 0 Å². The average Bonchev–Trinajstić information content (AvgIpc) is 2.85. The van der Waals surface area contributed by atoms with E-state index in [-0.39, 0.29) is 0 Å². The normalized spacial score (nSPS) is 12.6. The summed E-state index contributed by atoms with van der Waals surface area (Å²) in [5.74, 6) is 0. The van der Waals surface area contributed by atoms with E-state index in [1.807, 2.05) is 30.3 Å². The number of aliphatic hydroxyl groups is 1. The van der Waals surface area contributed by atoms with E-state index in [0.717, 1.165) is 16.9 Å². The van der Waals surface area contributed by atoms with Crippen LogP contribution in [0.4, 0.5) is 0 Å². The largest absolute Gasteiger partial charge is 0.383 e. The van der Waals surface area contributed by atoms with E-state index in [2.05, 4.69) is 28.9 Å². The lowest BCUT2D eigenvalue weighted by atomic mass is 10.1. The van der Waals surface area contributed by atoms with Crippen LogP contribution in [-0.2, 0) is 6.42 Å². The number of benzene rings is 1. The van der Waals surface area contributed by atoms with Gasteiger partial charge in [-0.1, -0.05) is 56.5 Å². The Kier molecular flexibility index (Phi) is 6.27. The van der Waals surface area contributed by atoms with Crippen LogP contribution in [0.25, 0.3) is 0 Å². The zero-order valence-corrected chi connectivity index (χ0v) is 14.2. The first-order valence-corrected chi connectivity index (χ1v) is 8.84. The Morgan fingerprint density at radius 3 is 2.60 bits per heavy atom. The summed E-state index contributed by atoms with van der Waals surface area (Å²) < 4.78 is 1.17. The van der Waals surface area contributed by atoms with Crippen LogP contribution in [0.15, 0.2) is 40.2 Å². The predicted octanol–water partition coefficient (Wildman–Crippen LogP) is 5.72. The highest BCUT2D eigenvalue weighted by atomic mass is 79.9. The minimum absolute atomic E-state index is 0.512. The number of rotatable bonds is 7. The lowest BCUT2D eigenvalue weighted by Crippen LogP contribution is -1.96. The van der Waals surface area contributed by atoms with Gasteiger partial charge in [-0.2, -0.15) is 0 Å². The van der Waals surface area contributed by atoms with Crippen LogP contribution in [0.5, 0.6) is 0 Å². The van der Waals surface area contributed by atoms with E-state index >= 15 is 0 Å². The summed E-state index contributed by atoms with van der Waals surface area (Å²) in [5, 5.41) is 10.4. The number of thiophene rings is 1. The number of aryl methyl sites for hydroxylation is 1. The van der Waals surface area contributed by atoms with Gasteiger partial charge in [0.15, 0.2) is 0 Å². The second-order valence-corrected chi connectivity index (χ2v) is 7.47. The molecular weight excluding hydrogens is 332 g/mol. The highest BCUT2D eigenvalue weighted by Gasteiger charge is 2.15. The number of halogens is 1. The fourth-order valence-electron chi connectivity index (χ4n) is 2.27. The van der Waals surface area contributed by atoms with Crippen molar-refractivity contribution in [3.05, 3.63) is 56.2 Å². The Hall–Kier alpha value is -0.640. The molecule has 3 heteroatoms. The first-order valence-electron chi connectivity index (χ1n) is 7.23. The highest BCUT2D eigenvalue weighted by Crippen LogP contribution is 2.35. The van der Waals surface area contributed by atoms with Crippen molar-refractivity contribution in [1.29, 1.82) is 0 Å². The summed E-state index contributed by atoms with van der Waals surface area (Å²) in [6, 6.07) is 12.0. The van der Waals surface area contributed by atoms with Gasteiger partial charge in [-0.3, -0.25) is 0 Å². The Labute approximate surface area is 133 Å². The monoisotopic (exact) mass is 352 g/mol. The second kappa shape index (κ2) is 7.96. The van der Waals surface area contributed by atoms with E-state index in [4.69, 9.17) is 0 Å². The molecule has 0 amide bonds. The van der Waals surface area contributed by atoms with Crippen molar-refractivity contribution < 1.29 is 5.11 Å². The van der Waals surface area contributed by atoms with Crippen molar-refractivity contribution >= 4 is 27.3 Å². The predicted molar refractivity (Wildman–Crippen MR) is 90.4 cm³/mol. The van der Waals surface area contributed by atoms with Crippen LogP contribution < -0.4 is 0 Å². The van der Waals surface area contributed by atoms with Gasteiger partial charge < -0.3 is 5.11 Å². The molecule has 1 nitrogen and oxygen atoms in total. The highest BCUT2D eigenvalue weighted by molar-refractivity contribution is 9.11. The maximum atomic E-state index is 10.4. The minimum Gasteiger partial charge on any atom is -0.383 e. The molecule has 1 unspecified atom stereocenters. The molecule has 0 saturated carbocycles. The van der Waals surface area contributed by atoms with Crippen molar-refractivity contribution in [3.8, 4) is 0 Å². The van der Waals surface area contributed by atoms with Gasteiger partial charge >= 0.3 is 0 Å². The third-order valence-electron chi connectivity index (χ3n) is 3.46. The molecule has 1 atom stereocenters. The van der Waals surface area contributed by atoms with Gasteiger partial charge in [-0.05, 0) is 46.0 Å². The van der Waals surface area contributed by atoms with Crippen molar-refractivity contribution in [2.75, 3.05) is 0 Å². The summed E-state index contributed by atoms with van der Waals surface area (Å²) >= 11 is 5.28. The average molecular weight is 353 g/mol. The molecule has 0 saturated heterocycles. The van der Waals surface area contributed by atoms with Crippen LogP contribution >= 0.6 is 27.3 Å². The van der Waals surface area contributed by atoms with Gasteiger partial charge in [0.1, 0.15) is 6.10 Å². The molecule has 0 aliphatic rings. The maximum Gasteiger partial charge on any atom is 0.113 e. The molecule has 0 spiro atoms. The smallest absolute Gasteiger partial charge is 0.113 e. The van der Waals surface area contributed by atoms with E-state index < -0.39 is 6.10 Å². The molecule has 20 heavy (non-hydrogen) atoms. The van der Waals surface area contributed by atoms with Gasteiger partial charge in [0.25, 0.3) is 0 Å². The van der Waals surface area contributed by atoms with Crippen molar-refractivity contribution in [2.45, 2.75) is 45.1 Å². The third kappa shape index (κ3) is 4.18. The molecule has 0 bridgehead atoms. The zero-order chi connectivity index (χ0) is 14.4. The molecule has 0 aliphatic carbocycles. The summed E-state index contributed by atoms with van der Waals surface area (Å²) in [7, 11) is 0. The molecule has 1 aromatic heterocycles. The number of aliphatic hydroxyl groups excluding tert-OH is 1. The summed E-state index contributed by atoms with van der Waals surface area (Å²) in [4.78, 5) is 1.02. The standard InChI is InChI=1S/C17H21BrOS/c1-2-3-4-6-11-14-12-15(20-17(14)18)16(19)13-9-7-5-8-10-13/h5,7-10,12,16,19H,2-4,6,11H2,1H3. The van der Waals surface area contributed by atoms with Gasteiger partial charge in [0.2, 0.25) is 0 Å². The molecular formula is C17H21BrOS. The molecule has 2 aromatic rings. The molecule has 0 radical (unpaired) electrons. The summed E-state index contributed by atoms with van der Waals surface area (Å²) in [6.45, 7) is 2.23. The molecule has 1 heterocycles. The first-order chi connectivity index (χ1) is 9.72. The maximum absolute atomic E-state index is 10.4. The van der Waals surface area contributed by atoms with E-state index in [1.54, 1.807) is 11.3 Å². The van der Waals surface area contributed by atoms with Crippen molar-refractivity contribution in [2.24, 2.45) is 0 Å². The number of hydrogen-bond acceptors (Lipinski definition) is 2. The SMILES string of the molecule is CCCCCCc1cc(C(O)c2ccccc2)sc1Br. The molecule has 1 aromatic carbocycles. The lowest BCUT2D eigenvalue weighted by Gasteiger charge is -2.07. The van der Waals surface area contributed by atoms with Crippen LogP contribution in [0.3, 0.4) is 0 Å². The zero-order valence-electron chi connectivity index (χ0n) is 11.8. The topological polar surface area (TPSA) is 20.2 Å². The number of hydrogen-bond donors (Lipinski definition) is 1. The number of unbranched alkanes of at least 4 members (excludes halogenated alkanes) is 3. The Balaban J connectivity index is 2.03. The van der Waals surface area contributed by atoms with Crippen molar-refractivity contribution in [1.82, 2.24) is 0 Å². The first kappa shape index (κ1) is 15.7. The fraction of sp³-hybridized carbons (Fsp3) is 0.412. The van der Waals surface area contributed by atoms with Gasteiger partial charge in [0.05, 0.1) is 3.79 Å². The Morgan fingerprint density at radius 2 is 1.90 bits per heavy atom. The van der Waals surface area contributed by atoms with Gasteiger partial charge in [-0.25, -0.2) is 0 Å². The molecule has 2 rings (SSSR count). The van der Waals surface area contributed by atoms with Gasteiger partial charge in [0, 0.05) is 4.88 Å². The second-order valence-electron chi connectivity index (χ2n) is 5.07. The molecule has 108 valence electrons. The quantitative estimate of drug-likeness (QED) is 0.632. The van der Waals surface area contributed by atoms with E-state index in [0.29, 0.717) is 0 Å². The fourth-order valence-corrected chi connectivity index (χ4v) is 4.10. The molecule has 0 aliphatic heterocycles. The van der Waals surface area contributed by atoms with E-state index in [9.17, 15) is 5.11 Å². The van der Waals surface area contributed by atoms with Crippen LogP contribution in [0, 0.1) is 0 Å².